The van der Waals surface area contributed by atoms with Crippen LogP contribution in [0.15, 0.2) is 42.2 Å². The van der Waals surface area contributed by atoms with Gasteiger partial charge in [-0.25, -0.2) is 4.79 Å². The van der Waals surface area contributed by atoms with Crippen LogP contribution >= 0.6 is 11.6 Å². The van der Waals surface area contributed by atoms with Crippen LogP contribution in [0, 0.1) is 0 Å². The number of imide groups is 2. The normalized spacial score (nSPS) is 23.2. The van der Waals surface area contributed by atoms with Crippen molar-refractivity contribution in [1.82, 2.24) is 26.2 Å². The number of dihydropyridines is 1. The van der Waals surface area contributed by atoms with Gasteiger partial charge in [0.25, 0.3) is 5.91 Å². The van der Waals surface area contributed by atoms with E-state index in [1.807, 2.05) is 11.0 Å². The zero-order chi connectivity index (χ0) is 21.3. The summed E-state index contributed by atoms with van der Waals surface area (Å²) in [6.07, 6.45) is 5.64. The second-order valence-corrected chi connectivity index (χ2v) is 7.76. The van der Waals surface area contributed by atoms with Crippen LogP contribution in [0.4, 0.5) is 4.79 Å². The first kappa shape index (κ1) is 20.1. The second kappa shape index (κ2) is 8.29. The Morgan fingerprint density at radius 3 is 2.70 bits per heavy atom. The maximum atomic E-state index is 12.5. The minimum absolute atomic E-state index is 0.247. The average Bonchev–Trinajstić information content (AvgIpc) is 3.12. The molecule has 4 rings (SSSR count). The average molecular weight is 430 g/mol. The molecule has 0 spiro atoms. The Morgan fingerprint density at radius 1 is 1.17 bits per heavy atom. The summed E-state index contributed by atoms with van der Waals surface area (Å²) in [6.45, 7) is 1.07. The van der Waals surface area contributed by atoms with Crippen molar-refractivity contribution in [3.8, 4) is 0 Å². The van der Waals surface area contributed by atoms with Gasteiger partial charge >= 0.3 is 6.03 Å². The molecular weight excluding hydrogens is 410 g/mol. The molecule has 0 radical (unpaired) electrons. The molecule has 0 aliphatic carbocycles. The predicted molar refractivity (Wildman–Crippen MR) is 108 cm³/mol. The molecule has 3 aliphatic rings. The van der Waals surface area contributed by atoms with Crippen molar-refractivity contribution in [1.29, 1.82) is 0 Å². The van der Waals surface area contributed by atoms with Gasteiger partial charge in [0.2, 0.25) is 11.8 Å². The lowest BCUT2D eigenvalue weighted by molar-refractivity contribution is -0.137. The summed E-state index contributed by atoms with van der Waals surface area (Å²) < 4.78 is 0. The van der Waals surface area contributed by atoms with Crippen LogP contribution in [0.25, 0.3) is 0 Å². The van der Waals surface area contributed by atoms with Gasteiger partial charge in [-0.2, -0.15) is 0 Å². The molecule has 2 unspecified atom stereocenters. The Kier molecular flexibility index (Phi) is 5.56. The molecule has 1 aromatic carbocycles. The molecular formula is C20H20ClN5O4. The number of benzene rings is 1. The maximum Gasteiger partial charge on any atom is 0.326 e. The van der Waals surface area contributed by atoms with Crippen LogP contribution in [0.5, 0.6) is 0 Å². The van der Waals surface area contributed by atoms with Crippen molar-refractivity contribution in [3.05, 3.63) is 58.9 Å². The van der Waals surface area contributed by atoms with Gasteiger partial charge in [0, 0.05) is 31.3 Å². The SMILES string of the molecule is O=C1CCC(N2Cc3ccc(C(=O)NC(=O)NC4=CNC(Cl)C=C4)cc3C2)C(=O)N1. The first-order valence-electron chi connectivity index (χ1n) is 9.49. The molecule has 9 nitrogen and oxygen atoms in total. The highest BCUT2D eigenvalue weighted by Crippen LogP contribution is 2.28. The Balaban J connectivity index is 1.36. The monoisotopic (exact) mass is 429 g/mol. The molecule has 1 saturated heterocycles. The summed E-state index contributed by atoms with van der Waals surface area (Å²) >= 11 is 5.84. The molecule has 1 fully saturated rings. The van der Waals surface area contributed by atoms with Crippen LogP contribution in [0.2, 0.25) is 0 Å². The van der Waals surface area contributed by atoms with E-state index in [1.165, 1.54) is 0 Å². The van der Waals surface area contributed by atoms with E-state index in [-0.39, 0.29) is 23.4 Å². The molecule has 3 heterocycles. The highest BCUT2D eigenvalue weighted by molar-refractivity contribution is 6.21. The van der Waals surface area contributed by atoms with Crippen LogP contribution in [0.3, 0.4) is 0 Å². The Bertz CT molecular complexity index is 989. The van der Waals surface area contributed by atoms with Crippen LogP contribution in [0.1, 0.15) is 34.3 Å². The summed E-state index contributed by atoms with van der Waals surface area (Å²) in [5.41, 5.74) is 2.42. The van der Waals surface area contributed by atoms with Gasteiger partial charge in [-0.15, -0.1) is 0 Å². The number of allylic oxidation sites excluding steroid dienone is 1. The molecule has 2 atom stereocenters. The third kappa shape index (κ3) is 4.37. The van der Waals surface area contributed by atoms with E-state index in [9.17, 15) is 19.2 Å². The number of amides is 5. The Labute approximate surface area is 177 Å². The van der Waals surface area contributed by atoms with Crippen molar-refractivity contribution in [2.45, 2.75) is 37.5 Å². The molecule has 3 aliphatic heterocycles. The number of nitrogens with one attached hydrogen (secondary N) is 4. The highest BCUT2D eigenvalue weighted by Gasteiger charge is 2.34. The quantitative estimate of drug-likeness (QED) is 0.321. The molecule has 4 N–H and O–H groups in total. The summed E-state index contributed by atoms with van der Waals surface area (Å²) in [7, 11) is 0. The molecule has 1 aromatic rings. The summed E-state index contributed by atoms with van der Waals surface area (Å²) in [5.74, 6) is -1.06. The summed E-state index contributed by atoms with van der Waals surface area (Å²) in [5, 5.41) is 10.0. The molecule has 5 amide bonds. The van der Waals surface area contributed by atoms with E-state index < -0.39 is 11.9 Å². The van der Waals surface area contributed by atoms with E-state index in [4.69, 9.17) is 11.6 Å². The number of hydrogen-bond acceptors (Lipinski definition) is 6. The summed E-state index contributed by atoms with van der Waals surface area (Å²) in [6, 6.07) is 4.18. The number of halogens is 1. The molecule has 0 saturated carbocycles. The minimum atomic E-state index is -0.656. The number of urea groups is 1. The summed E-state index contributed by atoms with van der Waals surface area (Å²) in [4.78, 5) is 50.0. The van der Waals surface area contributed by atoms with Crippen LogP contribution in [-0.4, -0.2) is 40.2 Å². The van der Waals surface area contributed by atoms with E-state index in [0.29, 0.717) is 37.2 Å². The van der Waals surface area contributed by atoms with Crippen LogP contribution in [-0.2, 0) is 22.7 Å². The molecule has 10 heteroatoms. The smallest absolute Gasteiger partial charge is 0.326 e. The van der Waals surface area contributed by atoms with Gasteiger partial charge in [-0.1, -0.05) is 17.7 Å². The standard InChI is InChI=1S/C20H20ClN5O4/c21-16-5-3-14(8-22-16)23-20(30)25-18(28)11-1-2-12-9-26(10-13(12)7-11)15-4-6-17(27)24-19(15)29/h1-3,5,7-8,15-16,22H,4,6,9-10H2,(H,24,27,29)(H2,23,25,28,30). The van der Waals surface area contributed by atoms with E-state index in [0.717, 1.165) is 11.1 Å². The lowest BCUT2D eigenvalue weighted by atomic mass is 10.0. The van der Waals surface area contributed by atoms with Gasteiger partial charge in [0.05, 0.1) is 11.7 Å². The third-order valence-electron chi connectivity index (χ3n) is 5.19. The fourth-order valence-electron chi connectivity index (χ4n) is 3.69. The third-order valence-corrected chi connectivity index (χ3v) is 5.47. The lowest BCUT2D eigenvalue weighted by Gasteiger charge is -2.29. The number of alkyl halides is 1. The molecule has 0 bridgehead atoms. The first-order valence-corrected chi connectivity index (χ1v) is 9.93. The number of fused-ring (bicyclic) bond motifs is 1. The van der Waals surface area contributed by atoms with E-state index in [2.05, 4.69) is 21.3 Å². The maximum absolute atomic E-state index is 12.5. The number of carbonyl (C=O) groups excluding carboxylic acids is 4. The van der Waals surface area contributed by atoms with E-state index >= 15 is 0 Å². The van der Waals surface area contributed by atoms with Gasteiger partial charge in [-0.3, -0.25) is 29.9 Å². The fraction of sp³-hybridized carbons (Fsp3) is 0.300. The fourth-order valence-corrected chi connectivity index (χ4v) is 3.83. The van der Waals surface area contributed by atoms with Crippen molar-refractivity contribution in [2.75, 3.05) is 0 Å². The Morgan fingerprint density at radius 2 is 1.97 bits per heavy atom. The van der Waals surface area contributed by atoms with Gasteiger partial charge in [-0.05, 0) is 41.8 Å². The highest BCUT2D eigenvalue weighted by atomic mass is 35.5. The van der Waals surface area contributed by atoms with Gasteiger partial charge < -0.3 is 10.6 Å². The van der Waals surface area contributed by atoms with Crippen molar-refractivity contribution < 1.29 is 19.2 Å². The number of hydrogen-bond donors (Lipinski definition) is 4. The zero-order valence-electron chi connectivity index (χ0n) is 15.9. The minimum Gasteiger partial charge on any atom is -0.370 e. The number of piperidine rings is 1. The van der Waals surface area contributed by atoms with Crippen molar-refractivity contribution >= 4 is 35.4 Å². The zero-order valence-corrected chi connectivity index (χ0v) is 16.7. The number of nitrogens with zero attached hydrogens (tertiary/aromatic N) is 1. The number of carbonyl (C=O) groups is 4. The molecule has 0 aromatic heterocycles. The van der Waals surface area contributed by atoms with Crippen molar-refractivity contribution in [2.24, 2.45) is 0 Å². The largest absolute Gasteiger partial charge is 0.370 e. The van der Waals surface area contributed by atoms with E-state index in [1.54, 1.807) is 30.5 Å². The molecule has 30 heavy (non-hydrogen) atoms. The second-order valence-electron chi connectivity index (χ2n) is 7.29. The topological polar surface area (TPSA) is 120 Å². The van der Waals surface area contributed by atoms with Crippen LogP contribution < -0.4 is 21.3 Å². The first-order chi connectivity index (χ1) is 14.4. The Hall–Kier alpha value is -3.17. The van der Waals surface area contributed by atoms with Crippen molar-refractivity contribution in [3.63, 3.8) is 0 Å². The van der Waals surface area contributed by atoms with Gasteiger partial charge in [0.1, 0.15) is 5.50 Å². The predicted octanol–water partition coefficient (Wildman–Crippen LogP) is 0.813. The van der Waals surface area contributed by atoms with Gasteiger partial charge in [0.15, 0.2) is 0 Å². The number of rotatable bonds is 3. The lowest BCUT2D eigenvalue weighted by Crippen LogP contribution is -2.50. The molecule has 156 valence electrons.